The first-order chi connectivity index (χ1) is 10.2. The molecule has 0 amide bonds. The van der Waals surface area contributed by atoms with Crippen LogP contribution in [0.25, 0.3) is 0 Å². The number of halogens is 1. The summed E-state index contributed by atoms with van der Waals surface area (Å²) in [6.07, 6.45) is 1.49. The normalized spacial score (nSPS) is 21.5. The molecule has 0 saturated carbocycles. The summed E-state index contributed by atoms with van der Waals surface area (Å²) >= 11 is 3.45. The SMILES string of the molecule is CCCNC1COCC1C(=O)Cc1ccc(OC)c(Br)c1. The van der Waals surface area contributed by atoms with E-state index in [0.717, 1.165) is 28.8 Å². The van der Waals surface area contributed by atoms with Crippen LogP contribution < -0.4 is 10.1 Å². The number of ketones is 1. The fourth-order valence-corrected chi connectivity index (χ4v) is 3.14. The first kappa shape index (κ1) is 16.5. The summed E-state index contributed by atoms with van der Waals surface area (Å²) in [6, 6.07) is 5.91. The van der Waals surface area contributed by atoms with Crippen molar-refractivity contribution < 1.29 is 14.3 Å². The second-order valence-corrected chi connectivity index (χ2v) is 6.17. The molecule has 0 aromatic heterocycles. The second-order valence-electron chi connectivity index (χ2n) is 5.32. The summed E-state index contributed by atoms with van der Waals surface area (Å²) in [5.74, 6) is 0.966. The van der Waals surface area contributed by atoms with E-state index in [1.54, 1.807) is 7.11 Å². The molecule has 1 aromatic carbocycles. The van der Waals surface area contributed by atoms with E-state index >= 15 is 0 Å². The minimum atomic E-state index is -0.0440. The van der Waals surface area contributed by atoms with Crippen LogP contribution >= 0.6 is 15.9 Å². The maximum atomic E-state index is 12.5. The van der Waals surface area contributed by atoms with Gasteiger partial charge >= 0.3 is 0 Å². The zero-order valence-electron chi connectivity index (χ0n) is 12.5. The molecule has 2 rings (SSSR count). The molecular weight excluding hydrogens is 334 g/mol. The van der Waals surface area contributed by atoms with Gasteiger partial charge in [-0.1, -0.05) is 13.0 Å². The van der Waals surface area contributed by atoms with E-state index in [1.807, 2.05) is 18.2 Å². The number of rotatable bonds is 7. The van der Waals surface area contributed by atoms with Crippen molar-refractivity contribution in [1.82, 2.24) is 5.32 Å². The van der Waals surface area contributed by atoms with E-state index in [4.69, 9.17) is 9.47 Å². The van der Waals surface area contributed by atoms with Crippen LogP contribution in [-0.2, 0) is 16.0 Å². The van der Waals surface area contributed by atoms with Crippen LogP contribution in [0.2, 0.25) is 0 Å². The average Bonchev–Trinajstić information content (AvgIpc) is 2.93. The molecule has 1 fully saturated rings. The highest BCUT2D eigenvalue weighted by Gasteiger charge is 2.33. The quantitative estimate of drug-likeness (QED) is 0.816. The molecule has 1 heterocycles. The first-order valence-corrected chi connectivity index (χ1v) is 8.11. The first-order valence-electron chi connectivity index (χ1n) is 7.32. The fraction of sp³-hybridized carbons (Fsp3) is 0.562. The molecule has 2 unspecified atom stereocenters. The van der Waals surface area contributed by atoms with Crippen LogP contribution in [0.3, 0.4) is 0 Å². The summed E-state index contributed by atoms with van der Waals surface area (Å²) in [5, 5.41) is 3.40. The van der Waals surface area contributed by atoms with Crippen molar-refractivity contribution in [2.24, 2.45) is 5.92 Å². The van der Waals surface area contributed by atoms with Gasteiger partial charge in [-0.05, 0) is 46.6 Å². The number of carbonyl (C=O) groups excluding carboxylic acids is 1. The molecule has 1 aromatic rings. The minimum absolute atomic E-state index is 0.0440. The molecule has 5 heteroatoms. The van der Waals surface area contributed by atoms with Gasteiger partial charge in [0.05, 0.1) is 30.7 Å². The summed E-state index contributed by atoms with van der Waals surface area (Å²) in [4.78, 5) is 12.5. The van der Waals surface area contributed by atoms with Crippen molar-refractivity contribution in [1.29, 1.82) is 0 Å². The van der Waals surface area contributed by atoms with Gasteiger partial charge in [-0.15, -0.1) is 0 Å². The van der Waals surface area contributed by atoms with Crippen molar-refractivity contribution in [3.8, 4) is 5.75 Å². The topological polar surface area (TPSA) is 47.6 Å². The van der Waals surface area contributed by atoms with E-state index in [1.165, 1.54) is 0 Å². The van der Waals surface area contributed by atoms with E-state index < -0.39 is 0 Å². The lowest BCUT2D eigenvalue weighted by atomic mass is 9.93. The van der Waals surface area contributed by atoms with Crippen molar-refractivity contribution in [3.63, 3.8) is 0 Å². The monoisotopic (exact) mass is 355 g/mol. The molecule has 0 aliphatic carbocycles. The number of hydrogen-bond donors (Lipinski definition) is 1. The molecule has 116 valence electrons. The van der Waals surface area contributed by atoms with Crippen LogP contribution in [0.1, 0.15) is 18.9 Å². The van der Waals surface area contributed by atoms with Gasteiger partial charge in [0, 0.05) is 12.5 Å². The third-order valence-electron chi connectivity index (χ3n) is 3.75. The standard InChI is InChI=1S/C16H22BrNO3/c1-3-6-18-14-10-21-9-12(14)15(19)8-11-4-5-16(20-2)13(17)7-11/h4-5,7,12,14,18H,3,6,8-10H2,1-2H3. The number of ether oxygens (including phenoxy) is 2. The highest BCUT2D eigenvalue weighted by Crippen LogP contribution is 2.26. The van der Waals surface area contributed by atoms with Gasteiger partial charge in [0.25, 0.3) is 0 Å². The van der Waals surface area contributed by atoms with E-state index in [-0.39, 0.29) is 17.7 Å². The average molecular weight is 356 g/mol. The largest absolute Gasteiger partial charge is 0.496 e. The van der Waals surface area contributed by atoms with E-state index in [9.17, 15) is 4.79 Å². The lowest BCUT2D eigenvalue weighted by molar-refractivity contribution is -0.122. The van der Waals surface area contributed by atoms with Crippen LogP contribution in [-0.4, -0.2) is 38.7 Å². The smallest absolute Gasteiger partial charge is 0.144 e. The molecule has 0 spiro atoms. The predicted molar refractivity (Wildman–Crippen MR) is 85.8 cm³/mol. The van der Waals surface area contributed by atoms with Crippen LogP contribution in [0.15, 0.2) is 22.7 Å². The molecule has 4 nitrogen and oxygen atoms in total. The number of carbonyl (C=O) groups is 1. The van der Waals surface area contributed by atoms with Crippen molar-refractivity contribution >= 4 is 21.7 Å². The summed E-state index contributed by atoms with van der Waals surface area (Å²) in [7, 11) is 1.63. The molecule has 2 atom stereocenters. The van der Waals surface area contributed by atoms with Crippen molar-refractivity contribution in [2.75, 3.05) is 26.9 Å². The van der Waals surface area contributed by atoms with Crippen molar-refractivity contribution in [2.45, 2.75) is 25.8 Å². The Labute approximate surface area is 134 Å². The maximum absolute atomic E-state index is 12.5. The van der Waals surface area contributed by atoms with Crippen LogP contribution in [0, 0.1) is 5.92 Å². The zero-order chi connectivity index (χ0) is 15.2. The second kappa shape index (κ2) is 7.92. The zero-order valence-corrected chi connectivity index (χ0v) is 14.1. The highest BCUT2D eigenvalue weighted by atomic mass is 79.9. The summed E-state index contributed by atoms with van der Waals surface area (Å²) < 4.78 is 11.6. The fourth-order valence-electron chi connectivity index (χ4n) is 2.55. The van der Waals surface area contributed by atoms with Gasteiger partial charge in [-0.25, -0.2) is 0 Å². The Hall–Kier alpha value is -0.910. The summed E-state index contributed by atoms with van der Waals surface area (Å²) in [5.41, 5.74) is 0.994. The third kappa shape index (κ3) is 4.28. The Morgan fingerprint density at radius 1 is 1.48 bits per heavy atom. The lowest BCUT2D eigenvalue weighted by Gasteiger charge is -2.18. The molecule has 1 aliphatic rings. The maximum Gasteiger partial charge on any atom is 0.144 e. The number of methoxy groups -OCH3 is 1. The Bertz CT molecular complexity index is 492. The Morgan fingerprint density at radius 2 is 2.29 bits per heavy atom. The summed E-state index contributed by atoms with van der Waals surface area (Å²) in [6.45, 7) is 4.20. The van der Waals surface area contributed by atoms with Gasteiger partial charge in [0.1, 0.15) is 11.5 Å². The number of hydrogen-bond acceptors (Lipinski definition) is 4. The Kier molecular flexibility index (Phi) is 6.21. The molecular formula is C16H22BrNO3. The third-order valence-corrected chi connectivity index (χ3v) is 4.36. The highest BCUT2D eigenvalue weighted by molar-refractivity contribution is 9.10. The van der Waals surface area contributed by atoms with E-state index in [2.05, 4.69) is 28.2 Å². The van der Waals surface area contributed by atoms with Crippen LogP contribution in [0.4, 0.5) is 0 Å². The molecule has 1 aliphatic heterocycles. The van der Waals surface area contributed by atoms with Gasteiger partial charge in [-0.2, -0.15) is 0 Å². The van der Waals surface area contributed by atoms with E-state index in [0.29, 0.717) is 19.6 Å². The number of Topliss-reactive ketones (excluding diaryl/α,β-unsaturated/α-hetero) is 1. The number of benzene rings is 1. The Morgan fingerprint density at radius 3 is 2.95 bits per heavy atom. The molecule has 1 N–H and O–H groups in total. The minimum Gasteiger partial charge on any atom is -0.496 e. The van der Waals surface area contributed by atoms with Crippen LogP contribution in [0.5, 0.6) is 5.75 Å². The van der Waals surface area contributed by atoms with Crippen molar-refractivity contribution in [3.05, 3.63) is 28.2 Å². The molecule has 0 bridgehead atoms. The molecule has 0 radical (unpaired) electrons. The Balaban J connectivity index is 1.98. The molecule has 1 saturated heterocycles. The molecule has 21 heavy (non-hydrogen) atoms. The van der Waals surface area contributed by atoms with Gasteiger partial charge in [0.15, 0.2) is 0 Å². The predicted octanol–water partition coefficient (Wildman–Crippen LogP) is 2.58. The number of nitrogens with one attached hydrogen (secondary N) is 1. The lowest BCUT2D eigenvalue weighted by Crippen LogP contribution is -2.40. The van der Waals surface area contributed by atoms with Gasteiger partial charge in [-0.3, -0.25) is 4.79 Å². The van der Waals surface area contributed by atoms with Gasteiger partial charge < -0.3 is 14.8 Å². The van der Waals surface area contributed by atoms with Gasteiger partial charge in [0.2, 0.25) is 0 Å².